The van der Waals surface area contributed by atoms with Crippen LogP contribution in [0.3, 0.4) is 0 Å². The van der Waals surface area contributed by atoms with Gasteiger partial charge in [0.25, 0.3) is 0 Å². The number of aryl methyl sites for hydroxylation is 2. The van der Waals surface area contributed by atoms with Crippen molar-refractivity contribution in [2.24, 2.45) is 7.05 Å². The number of halogens is 3. The summed E-state index contributed by atoms with van der Waals surface area (Å²) in [4.78, 5) is 10.5. The van der Waals surface area contributed by atoms with Crippen LogP contribution in [0, 0.1) is 17.0 Å². The first-order valence-electron chi connectivity index (χ1n) is 7.49. The first-order chi connectivity index (χ1) is 12.1. The second-order valence-electron chi connectivity index (χ2n) is 5.53. The third-order valence-corrected chi connectivity index (χ3v) is 3.50. The van der Waals surface area contributed by atoms with Crippen molar-refractivity contribution in [2.45, 2.75) is 19.2 Å². The Morgan fingerprint density at radius 3 is 2.54 bits per heavy atom. The van der Waals surface area contributed by atoms with Crippen molar-refractivity contribution < 1.29 is 27.9 Å². The van der Waals surface area contributed by atoms with Crippen LogP contribution in [0.2, 0.25) is 0 Å². The molecule has 0 aliphatic heterocycles. The van der Waals surface area contributed by atoms with E-state index in [0.29, 0.717) is 0 Å². The van der Waals surface area contributed by atoms with Gasteiger partial charge in [-0.1, -0.05) is 0 Å². The third-order valence-electron chi connectivity index (χ3n) is 3.50. The Morgan fingerprint density at radius 1 is 1.38 bits per heavy atom. The van der Waals surface area contributed by atoms with Crippen LogP contribution in [-0.4, -0.2) is 39.1 Å². The summed E-state index contributed by atoms with van der Waals surface area (Å²) in [7, 11) is 1.52. The maximum absolute atomic E-state index is 12.5. The van der Waals surface area contributed by atoms with E-state index in [2.05, 4.69) is 10.4 Å². The lowest BCUT2D eigenvalue weighted by Gasteiger charge is -2.14. The highest BCUT2D eigenvalue weighted by Crippen LogP contribution is 2.30. The third kappa shape index (κ3) is 4.63. The summed E-state index contributed by atoms with van der Waals surface area (Å²) >= 11 is 0. The zero-order valence-electron chi connectivity index (χ0n) is 13.9. The first kappa shape index (κ1) is 19.5. The van der Waals surface area contributed by atoms with Gasteiger partial charge in [0.1, 0.15) is 24.2 Å². The molecule has 0 fully saturated rings. The van der Waals surface area contributed by atoms with E-state index in [1.807, 2.05) is 0 Å². The predicted molar refractivity (Wildman–Crippen MR) is 86.0 cm³/mol. The number of aliphatic hydroxyl groups excluding tert-OH is 1. The molecular weight excluding hydrogens is 357 g/mol. The highest BCUT2D eigenvalue weighted by atomic mass is 19.4. The van der Waals surface area contributed by atoms with E-state index >= 15 is 0 Å². The Morgan fingerprint density at radius 2 is 2.00 bits per heavy atom. The number of hydrogen-bond donors (Lipinski definition) is 2. The second-order valence-corrected chi connectivity index (χ2v) is 5.53. The van der Waals surface area contributed by atoms with Crippen molar-refractivity contribution in [3.05, 3.63) is 45.6 Å². The number of alkyl halides is 3. The maximum Gasteiger partial charge on any atom is 0.416 e. The Hall–Kier alpha value is -2.82. The predicted octanol–water partition coefficient (Wildman–Crippen LogP) is 2.51. The molecule has 2 aromatic rings. The largest absolute Gasteiger partial charge is 0.491 e. The summed E-state index contributed by atoms with van der Waals surface area (Å²) in [6, 6.07) is 4.06. The van der Waals surface area contributed by atoms with E-state index in [-0.39, 0.29) is 36.1 Å². The Kier molecular flexibility index (Phi) is 5.70. The van der Waals surface area contributed by atoms with Crippen molar-refractivity contribution in [1.29, 1.82) is 0 Å². The molecule has 0 amide bonds. The zero-order chi connectivity index (χ0) is 19.5. The van der Waals surface area contributed by atoms with Gasteiger partial charge in [0.15, 0.2) is 0 Å². The van der Waals surface area contributed by atoms with Crippen LogP contribution in [0.25, 0.3) is 0 Å². The normalized spacial score (nSPS) is 12.7. The number of anilines is 1. The molecule has 2 N–H and O–H groups in total. The number of nitro groups is 1. The molecule has 1 atom stereocenters. The summed E-state index contributed by atoms with van der Waals surface area (Å²) in [6.07, 6.45) is -5.48. The van der Waals surface area contributed by atoms with Crippen LogP contribution in [0.5, 0.6) is 5.75 Å². The molecule has 11 heteroatoms. The number of aliphatic hydroxyl groups is 1. The van der Waals surface area contributed by atoms with E-state index in [1.54, 1.807) is 0 Å². The number of benzene rings is 1. The van der Waals surface area contributed by atoms with Gasteiger partial charge in [-0.05, 0) is 31.2 Å². The zero-order valence-corrected chi connectivity index (χ0v) is 13.9. The lowest BCUT2D eigenvalue weighted by molar-refractivity contribution is -0.384. The van der Waals surface area contributed by atoms with Crippen LogP contribution in [0.1, 0.15) is 11.3 Å². The molecule has 0 aliphatic carbocycles. The van der Waals surface area contributed by atoms with Gasteiger partial charge in [-0.15, -0.1) is 0 Å². The summed E-state index contributed by atoms with van der Waals surface area (Å²) in [5.74, 6) is 0.306. The number of rotatable bonds is 7. The smallest absolute Gasteiger partial charge is 0.416 e. The molecule has 26 heavy (non-hydrogen) atoms. The van der Waals surface area contributed by atoms with Crippen LogP contribution in [-0.2, 0) is 13.2 Å². The summed E-state index contributed by atoms with van der Waals surface area (Å²) in [6.45, 7) is 1.22. The minimum absolute atomic E-state index is 0.0690. The maximum atomic E-state index is 12.5. The molecule has 8 nitrogen and oxygen atoms in total. The monoisotopic (exact) mass is 374 g/mol. The topological polar surface area (TPSA) is 102 Å². The molecule has 2 rings (SSSR count). The van der Waals surface area contributed by atoms with Gasteiger partial charge in [0.05, 0.1) is 10.5 Å². The molecule has 0 saturated heterocycles. The van der Waals surface area contributed by atoms with Crippen LogP contribution < -0.4 is 10.1 Å². The van der Waals surface area contributed by atoms with Crippen molar-refractivity contribution in [3.8, 4) is 5.75 Å². The lowest BCUT2D eigenvalue weighted by atomic mass is 10.2. The fraction of sp³-hybridized carbons (Fsp3) is 0.400. The van der Waals surface area contributed by atoms with Gasteiger partial charge in [0.2, 0.25) is 5.82 Å². The van der Waals surface area contributed by atoms with Crippen molar-refractivity contribution in [1.82, 2.24) is 9.78 Å². The van der Waals surface area contributed by atoms with E-state index in [1.165, 1.54) is 18.7 Å². The van der Waals surface area contributed by atoms with Gasteiger partial charge in [0, 0.05) is 13.6 Å². The number of ether oxygens (including phenoxy) is 1. The molecule has 0 spiro atoms. The van der Waals surface area contributed by atoms with E-state index in [4.69, 9.17) is 4.74 Å². The van der Waals surface area contributed by atoms with Crippen molar-refractivity contribution >= 4 is 11.5 Å². The second kappa shape index (κ2) is 7.60. The molecule has 0 bridgehead atoms. The van der Waals surface area contributed by atoms with Gasteiger partial charge < -0.3 is 15.2 Å². The van der Waals surface area contributed by atoms with Crippen LogP contribution in [0.4, 0.5) is 24.7 Å². The summed E-state index contributed by atoms with van der Waals surface area (Å²) < 4.78 is 43.9. The Labute approximate surface area is 146 Å². The molecular formula is C15H17F3N4O4. The molecule has 1 aromatic heterocycles. The average Bonchev–Trinajstić information content (AvgIpc) is 2.84. The molecule has 1 heterocycles. The Balaban J connectivity index is 1.90. The molecule has 0 saturated carbocycles. The quantitative estimate of drug-likeness (QED) is 0.570. The summed E-state index contributed by atoms with van der Waals surface area (Å²) in [5, 5.41) is 27.6. The van der Waals surface area contributed by atoms with Gasteiger partial charge in [-0.25, -0.2) is 4.68 Å². The highest BCUT2D eigenvalue weighted by molar-refractivity contribution is 5.59. The fourth-order valence-corrected chi connectivity index (χ4v) is 2.27. The molecule has 142 valence electrons. The number of nitrogens with zero attached hydrogens (tertiary/aromatic N) is 3. The highest BCUT2D eigenvalue weighted by Gasteiger charge is 2.30. The van der Waals surface area contributed by atoms with E-state index in [0.717, 1.165) is 24.3 Å². The van der Waals surface area contributed by atoms with Crippen molar-refractivity contribution in [2.75, 3.05) is 18.5 Å². The average molecular weight is 374 g/mol. The number of aromatic nitrogens is 2. The Bertz CT molecular complexity index is 774. The summed E-state index contributed by atoms with van der Waals surface area (Å²) in [5.41, 5.74) is -0.759. The van der Waals surface area contributed by atoms with E-state index in [9.17, 15) is 28.4 Å². The van der Waals surface area contributed by atoms with E-state index < -0.39 is 22.8 Å². The van der Waals surface area contributed by atoms with Crippen LogP contribution >= 0.6 is 0 Å². The van der Waals surface area contributed by atoms with Gasteiger partial charge in [-0.3, -0.25) is 10.1 Å². The van der Waals surface area contributed by atoms with Crippen molar-refractivity contribution in [3.63, 3.8) is 0 Å². The minimum atomic E-state index is -4.43. The SMILES string of the molecule is Cc1nn(C)c(NC[C@H](O)COc2ccc(C(F)(F)F)cc2)c1[N+](=O)[O-]. The molecule has 0 unspecified atom stereocenters. The number of nitrogens with one attached hydrogen (secondary N) is 1. The molecule has 0 radical (unpaired) electrons. The molecule has 1 aromatic carbocycles. The van der Waals surface area contributed by atoms with Crippen LogP contribution in [0.15, 0.2) is 24.3 Å². The minimum Gasteiger partial charge on any atom is -0.491 e. The standard InChI is InChI=1S/C15H17F3N4O4/c1-9-13(22(24)25)14(21(2)20-9)19-7-11(23)8-26-12-5-3-10(4-6-12)15(16,17)18/h3-6,11,19,23H,7-8H2,1-2H3/t11-/m0/s1. The molecule has 0 aliphatic rings. The fourth-order valence-electron chi connectivity index (χ4n) is 2.27. The first-order valence-corrected chi connectivity index (χ1v) is 7.49. The lowest BCUT2D eigenvalue weighted by Crippen LogP contribution is -2.27. The van der Waals surface area contributed by atoms with Gasteiger partial charge in [-0.2, -0.15) is 18.3 Å². The van der Waals surface area contributed by atoms with Gasteiger partial charge >= 0.3 is 11.9 Å². The number of hydrogen-bond acceptors (Lipinski definition) is 6.